The van der Waals surface area contributed by atoms with Crippen LogP contribution in [0.3, 0.4) is 0 Å². The Bertz CT molecular complexity index is 1150. The molecule has 1 atom stereocenters. The average Bonchev–Trinajstić information content (AvgIpc) is 3.42. The van der Waals surface area contributed by atoms with Crippen LogP contribution >= 0.6 is 34.7 Å². The van der Waals surface area contributed by atoms with E-state index < -0.39 is 23.5 Å². The molecule has 7 nitrogen and oxygen atoms in total. The third-order valence-corrected chi connectivity index (χ3v) is 6.66. The summed E-state index contributed by atoms with van der Waals surface area (Å²) >= 11 is 8.73. The second-order valence-corrected chi connectivity index (χ2v) is 9.32. The van der Waals surface area contributed by atoms with E-state index in [2.05, 4.69) is 10.2 Å². The van der Waals surface area contributed by atoms with Crippen LogP contribution in [0.4, 0.5) is 5.13 Å². The maximum atomic E-state index is 13.2. The number of furan rings is 1. The van der Waals surface area contributed by atoms with Gasteiger partial charge in [-0.3, -0.25) is 14.5 Å². The van der Waals surface area contributed by atoms with Gasteiger partial charge >= 0.3 is 0 Å². The number of carbonyl (C=O) groups excluding carboxylic acids is 2. The maximum absolute atomic E-state index is 13.2. The van der Waals surface area contributed by atoms with Crippen molar-refractivity contribution in [2.45, 2.75) is 24.2 Å². The van der Waals surface area contributed by atoms with Crippen molar-refractivity contribution < 1.29 is 19.1 Å². The van der Waals surface area contributed by atoms with Crippen LogP contribution in [0.2, 0.25) is 5.02 Å². The van der Waals surface area contributed by atoms with Crippen LogP contribution in [0.5, 0.6) is 0 Å². The SMILES string of the molecule is CCSc1nnc(N2C(=O)C(O)=C(C(=O)c3ccc(C)o3)[C@@H]2c2ccc(Cl)cc2)s1. The van der Waals surface area contributed by atoms with Crippen LogP contribution in [0.15, 0.2) is 56.5 Å². The largest absolute Gasteiger partial charge is 0.503 e. The van der Waals surface area contributed by atoms with E-state index in [4.69, 9.17) is 16.0 Å². The van der Waals surface area contributed by atoms with Gasteiger partial charge in [0.05, 0.1) is 11.6 Å². The Morgan fingerprint density at radius 2 is 2.00 bits per heavy atom. The lowest BCUT2D eigenvalue weighted by atomic mass is 9.95. The lowest BCUT2D eigenvalue weighted by Crippen LogP contribution is -2.31. The fraction of sp³-hybridized carbons (Fsp3) is 0.200. The molecule has 10 heteroatoms. The average molecular weight is 462 g/mol. The van der Waals surface area contributed by atoms with Crippen molar-refractivity contribution in [3.8, 4) is 0 Å². The minimum absolute atomic E-state index is 0.0437. The first-order valence-corrected chi connectivity index (χ1v) is 11.2. The first kappa shape index (κ1) is 20.6. The molecule has 3 aromatic rings. The first-order valence-electron chi connectivity index (χ1n) is 9.00. The smallest absolute Gasteiger partial charge is 0.296 e. The van der Waals surface area contributed by atoms with Crippen LogP contribution < -0.4 is 4.90 Å². The molecule has 4 rings (SSSR count). The molecule has 0 aliphatic carbocycles. The number of benzene rings is 1. The van der Waals surface area contributed by atoms with E-state index in [-0.39, 0.29) is 11.3 Å². The molecular weight excluding hydrogens is 446 g/mol. The normalized spacial score (nSPS) is 16.6. The number of hydrogen-bond acceptors (Lipinski definition) is 8. The number of aromatic nitrogens is 2. The summed E-state index contributed by atoms with van der Waals surface area (Å²) in [4.78, 5) is 27.5. The number of aliphatic hydroxyl groups is 1. The number of aliphatic hydroxyl groups excluding tert-OH is 1. The molecule has 1 aliphatic heterocycles. The molecule has 1 N–H and O–H groups in total. The number of anilines is 1. The van der Waals surface area contributed by atoms with Gasteiger partial charge in [0.15, 0.2) is 15.9 Å². The maximum Gasteiger partial charge on any atom is 0.296 e. The van der Waals surface area contributed by atoms with Gasteiger partial charge in [-0.15, -0.1) is 10.2 Å². The van der Waals surface area contributed by atoms with Crippen molar-refractivity contribution in [3.05, 3.63) is 69.8 Å². The van der Waals surface area contributed by atoms with E-state index in [0.717, 1.165) is 5.75 Å². The quantitative estimate of drug-likeness (QED) is 0.314. The summed E-state index contributed by atoms with van der Waals surface area (Å²) in [5.41, 5.74) is 0.528. The molecule has 154 valence electrons. The van der Waals surface area contributed by atoms with E-state index in [1.54, 1.807) is 37.3 Å². The number of ketones is 1. The molecule has 2 aromatic heterocycles. The number of thioether (sulfide) groups is 1. The van der Waals surface area contributed by atoms with Crippen LogP contribution in [0.25, 0.3) is 0 Å². The molecule has 0 saturated heterocycles. The van der Waals surface area contributed by atoms with Gasteiger partial charge < -0.3 is 9.52 Å². The molecule has 1 aromatic carbocycles. The summed E-state index contributed by atoms with van der Waals surface area (Å²) in [6.07, 6.45) is 0. The zero-order valence-electron chi connectivity index (χ0n) is 16.0. The number of nitrogens with zero attached hydrogens (tertiary/aromatic N) is 3. The molecule has 0 spiro atoms. The topological polar surface area (TPSA) is 96.5 Å². The first-order chi connectivity index (χ1) is 14.4. The predicted octanol–water partition coefficient (Wildman–Crippen LogP) is 4.99. The minimum atomic E-state index is -0.889. The van der Waals surface area contributed by atoms with Crippen molar-refractivity contribution in [3.63, 3.8) is 0 Å². The van der Waals surface area contributed by atoms with Gasteiger partial charge in [-0.2, -0.15) is 0 Å². The summed E-state index contributed by atoms with van der Waals surface area (Å²) in [5, 5.41) is 19.7. The van der Waals surface area contributed by atoms with Crippen molar-refractivity contribution in [2.24, 2.45) is 0 Å². The Morgan fingerprint density at radius 1 is 1.27 bits per heavy atom. The molecular formula is C20H16ClN3O4S2. The minimum Gasteiger partial charge on any atom is -0.503 e. The van der Waals surface area contributed by atoms with E-state index in [1.807, 2.05) is 6.92 Å². The Balaban J connectivity index is 1.83. The van der Waals surface area contributed by atoms with Crippen LogP contribution in [-0.2, 0) is 4.79 Å². The van der Waals surface area contributed by atoms with Crippen molar-refractivity contribution in [1.29, 1.82) is 0 Å². The van der Waals surface area contributed by atoms with Gasteiger partial charge in [0.1, 0.15) is 5.76 Å². The second kappa shape index (κ2) is 8.25. The van der Waals surface area contributed by atoms with Crippen LogP contribution in [-0.4, -0.2) is 32.7 Å². The molecule has 3 heterocycles. The molecule has 0 radical (unpaired) electrons. The molecule has 0 unspecified atom stereocenters. The highest BCUT2D eigenvalue weighted by atomic mass is 35.5. The van der Waals surface area contributed by atoms with Gasteiger partial charge in [-0.25, -0.2) is 0 Å². The zero-order valence-corrected chi connectivity index (χ0v) is 18.3. The molecule has 1 amide bonds. The number of hydrogen-bond donors (Lipinski definition) is 1. The zero-order chi connectivity index (χ0) is 21.4. The highest BCUT2D eigenvalue weighted by Gasteiger charge is 2.46. The van der Waals surface area contributed by atoms with E-state index in [0.29, 0.717) is 25.8 Å². The lowest BCUT2D eigenvalue weighted by Gasteiger charge is -2.23. The summed E-state index contributed by atoms with van der Waals surface area (Å²) < 4.78 is 6.14. The van der Waals surface area contributed by atoms with Gasteiger partial charge in [0.25, 0.3) is 5.91 Å². The predicted molar refractivity (Wildman–Crippen MR) is 115 cm³/mol. The second-order valence-electron chi connectivity index (χ2n) is 6.41. The van der Waals surface area contributed by atoms with Gasteiger partial charge in [0.2, 0.25) is 10.9 Å². The lowest BCUT2D eigenvalue weighted by molar-refractivity contribution is -0.117. The van der Waals surface area contributed by atoms with Crippen LogP contribution in [0, 0.1) is 6.92 Å². The highest BCUT2D eigenvalue weighted by molar-refractivity contribution is 8.01. The Kier molecular flexibility index (Phi) is 5.68. The molecule has 0 saturated carbocycles. The fourth-order valence-electron chi connectivity index (χ4n) is 3.17. The summed E-state index contributed by atoms with van der Waals surface area (Å²) in [5.74, 6) is -0.521. The van der Waals surface area contributed by atoms with E-state index in [9.17, 15) is 14.7 Å². The van der Waals surface area contributed by atoms with Crippen LogP contribution in [0.1, 0.15) is 34.8 Å². The summed E-state index contributed by atoms with van der Waals surface area (Å²) in [7, 11) is 0. The molecule has 0 bridgehead atoms. The number of Topliss-reactive ketones (excluding diaryl/α,β-unsaturated/α-hetero) is 1. The molecule has 1 aliphatic rings. The number of amides is 1. The Hall–Kier alpha value is -2.62. The highest BCUT2D eigenvalue weighted by Crippen LogP contribution is 2.43. The summed E-state index contributed by atoms with van der Waals surface area (Å²) in [6, 6.07) is 9.00. The molecule has 0 fully saturated rings. The van der Waals surface area contributed by atoms with Crippen molar-refractivity contribution in [2.75, 3.05) is 10.7 Å². The third kappa shape index (κ3) is 3.64. The van der Waals surface area contributed by atoms with Gasteiger partial charge in [-0.1, -0.05) is 53.8 Å². The van der Waals surface area contributed by atoms with Gasteiger partial charge in [-0.05, 0) is 42.5 Å². The summed E-state index contributed by atoms with van der Waals surface area (Å²) in [6.45, 7) is 3.70. The van der Waals surface area contributed by atoms with Crippen molar-refractivity contribution in [1.82, 2.24) is 10.2 Å². The number of halogens is 1. The number of aryl methyl sites for hydroxylation is 1. The third-order valence-electron chi connectivity index (χ3n) is 4.47. The molecule has 30 heavy (non-hydrogen) atoms. The van der Waals surface area contributed by atoms with E-state index >= 15 is 0 Å². The monoisotopic (exact) mass is 461 g/mol. The number of rotatable bonds is 6. The fourth-order valence-corrected chi connectivity index (χ4v) is 5.06. The van der Waals surface area contributed by atoms with Gasteiger partial charge in [0, 0.05) is 5.02 Å². The standard InChI is InChI=1S/C20H16ClN3O4S2/c1-3-29-20-23-22-19(30-20)24-15(11-5-7-12(21)8-6-11)14(17(26)18(24)27)16(25)13-9-4-10(2)28-13/h4-9,15,26H,3H2,1-2H3/t15-/m0/s1. The Labute approximate surface area is 185 Å². The Morgan fingerprint density at radius 3 is 2.63 bits per heavy atom. The number of carbonyl (C=O) groups is 2. The van der Waals surface area contributed by atoms with Crippen molar-refractivity contribution >= 4 is 51.5 Å². The van der Waals surface area contributed by atoms with E-state index in [1.165, 1.54) is 34.1 Å².